The number of nitrogens with zero attached hydrogens (tertiary/aromatic N) is 3. The van der Waals surface area contributed by atoms with Gasteiger partial charge in [-0.3, -0.25) is 4.79 Å². The topological polar surface area (TPSA) is 36.4 Å². The van der Waals surface area contributed by atoms with Gasteiger partial charge in [0, 0.05) is 26.3 Å². The lowest BCUT2D eigenvalue weighted by atomic mass is 10.2. The van der Waals surface area contributed by atoms with Crippen LogP contribution in [0, 0.1) is 6.92 Å². The quantitative estimate of drug-likeness (QED) is 0.829. The van der Waals surface area contributed by atoms with Gasteiger partial charge in [0.25, 0.3) is 0 Å². The normalized spacial score (nSPS) is 20.2. The summed E-state index contributed by atoms with van der Waals surface area (Å²) in [5.74, 6) is 1.18. The average Bonchev–Trinajstić information content (AvgIpc) is 3.19. The maximum atomic E-state index is 12.8. The first-order valence-corrected chi connectivity index (χ1v) is 7.85. The van der Waals surface area contributed by atoms with E-state index in [1.165, 1.54) is 0 Å². The fourth-order valence-corrected chi connectivity index (χ4v) is 3.39. The number of pyridine rings is 1. The monoisotopic (exact) mass is 277 g/mol. The van der Waals surface area contributed by atoms with Gasteiger partial charge in [0.2, 0.25) is 5.91 Å². The fourth-order valence-electron chi connectivity index (χ4n) is 2.59. The van der Waals surface area contributed by atoms with Crippen LogP contribution in [0.2, 0.25) is 0 Å². The Kier molecular flexibility index (Phi) is 2.96. The van der Waals surface area contributed by atoms with Crippen molar-refractivity contribution in [3.63, 3.8) is 0 Å². The molecular formula is C14H19N3OS. The lowest BCUT2D eigenvalue weighted by Crippen LogP contribution is -2.47. The molecule has 0 radical (unpaired) electrons. The highest BCUT2D eigenvalue weighted by Crippen LogP contribution is 2.49. The molecular weight excluding hydrogens is 258 g/mol. The summed E-state index contributed by atoms with van der Waals surface area (Å²) in [6.07, 6.45) is 5.92. The van der Waals surface area contributed by atoms with E-state index in [0.29, 0.717) is 0 Å². The summed E-state index contributed by atoms with van der Waals surface area (Å²) in [4.78, 5) is 21.3. The van der Waals surface area contributed by atoms with Gasteiger partial charge in [0.15, 0.2) is 5.82 Å². The number of anilines is 2. The Bertz CT molecular complexity index is 527. The molecule has 2 aliphatic rings. The second-order valence-corrected chi connectivity index (χ2v) is 6.62. The molecule has 0 aromatic carbocycles. The zero-order valence-corrected chi connectivity index (χ0v) is 12.5. The Hall–Kier alpha value is -1.23. The molecule has 0 saturated heterocycles. The summed E-state index contributed by atoms with van der Waals surface area (Å²) in [6, 6.07) is 2.08. The number of aryl methyl sites for hydroxylation is 1. The van der Waals surface area contributed by atoms with Crippen molar-refractivity contribution in [2.24, 2.45) is 0 Å². The van der Waals surface area contributed by atoms with Crippen LogP contribution in [0.3, 0.4) is 0 Å². The Morgan fingerprint density at radius 3 is 2.79 bits per heavy atom. The molecule has 0 N–H and O–H groups in total. The summed E-state index contributed by atoms with van der Waals surface area (Å²) in [7, 11) is 2.03. The zero-order chi connectivity index (χ0) is 13.6. The van der Waals surface area contributed by atoms with Crippen molar-refractivity contribution in [3.05, 3.63) is 17.8 Å². The van der Waals surface area contributed by atoms with Crippen LogP contribution in [0.5, 0.6) is 0 Å². The Morgan fingerprint density at radius 1 is 1.42 bits per heavy atom. The molecule has 1 fully saturated rings. The van der Waals surface area contributed by atoms with Gasteiger partial charge in [0.1, 0.15) is 0 Å². The standard InChI is InChI=1S/C14H19N3OS/c1-10-8-11-12(15-9-10)16(2)6-7-17(11)13(18)14(19-3)4-5-14/h8-9H,4-7H2,1-3H3. The van der Waals surface area contributed by atoms with Crippen LogP contribution < -0.4 is 9.80 Å². The first kappa shape index (κ1) is 12.8. The molecule has 1 aliphatic carbocycles. The van der Waals surface area contributed by atoms with E-state index >= 15 is 0 Å². The van der Waals surface area contributed by atoms with Crippen molar-refractivity contribution >= 4 is 29.2 Å². The third-order valence-electron chi connectivity index (χ3n) is 4.03. The minimum Gasteiger partial charge on any atom is -0.356 e. The van der Waals surface area contributed by atoms with Crippen molar-refractivity contribution in [2.75, 3.05) is 36.2 Å². The lowest BCUT2D eigenvalue weighted by Gasteiger charge is -2.36. The number of hydrogen-bond donors (Lipinski definition) is 0. The molecule has 4 nitrogen and oxygen atoms in total. The molecule has 1 aromatic heterocycles. The number of aromatic nitrogens is 1. The van der Waals surface area contributed by atoms with Gasteiger partial charge in [-0.1, -0.05) is 0 Å². The van der Waals surface area contributed by atoms with Gasteiger partial charge < -0.3 is 9.80 Å². The van der Waals surface area contributed by atoms with Gasteiger partial charge in [0.05, 0.1) is 10.4 Å². The molecule has 0 atom stereocenters. The van der Waals surface area contributed by atoms with E-state index in [9.17, 15) is 4.79 Å². The summed E-state index contributed by atoms with van der Waals surface area (Å²) < 4.78 is -0.156. The maximum Gasteiger partial charge on any atom is 0.243 e. The molecule has 0 bridgehead atoms. The first-order valence-electron chi connectivity index (χ1n) is 6.62. The van der Waals surface area contributed by atoms with E-state index in [1.807, 2.05) is 31.3 Å². The SMILES string of the molecule is CSC1(C(=O)N2CCN(C)c3ncc(C)cc32)CC1. The largest absolute Gasteiger partial charge is 0.356 e. The minimum absolute atomic E-state index is 0.156. The second-order valence-electron chi connectivity index (χ2n) is 5.43. The number of carbonyl (C=O) groups is 1. The van der Waals surface area contributed by atoms with Crippen molar-refractivity contribution in [1.29, 1.82) is 0 Å². The highest BCUT2D eigenvalue weighted by molar-refractivity contribution is 8.01. The summed E-state index contributed by atoms with van der Waals surface area (Å²) in [5.41, 5.74) is 2.07. The minimum atomic E-state index is -0.156. The summed E-state index contributed by atoms with van der Waals surface area (Å²) >= 11 is 1.69. The number of likely N-dealkylation sites (N-methyl/N-ethyl adjacent to an activating group) is 1. The van der Waals surface area contributed by atoms with Crippen LogP contribution in [-0.4, -0.2) is 42.0 Å². The van der Waals surface area contributed by atoms with Crippen LogP contribution in [0.25, 0.3) is 0 Å². The molecule has 1 aliphatic heterocycles. The van der Waals surface area contributed by atoms with Crippen molar-refractivity contribution < 1.29 is 4.79 Å². The Balaban J connectivity index is 1.99. The molecule has 102 valence electrons. The van der Waals surface area contributed by atoms with Gasteiger partial charge >= 0.3 is 0 Å². The van der Waals surface area contributed by atoms with Crippen LogP contribution in [-0.2, 0) is 4.79 Å². The Labute approximate surface area is 118 Å². The molecule has 1 amide bonds. The predicted octanol–water partition coefficient (Wildman–Crippen LogP) is 2.07. The van der Waals surface area contributed by atoms with Gasteiger partial charge in [-0.05, 0) is 37.7 Å². The van der Waals surface area contributed by atoms with Crippen LogP contribution >= 0.6 is 11.8 Å². The van der Waals surface area contributed by atoms with Crippen molar-refractivity contribution in [3.8, 4) is 0 Å². The summed E-state index contributed by atoms with van der Waals surface area (Å²) in [6.45, 7) is 3.63. The van der Waals surface area contributed by atoms with E-state index in [4.69, 9.17) is 0 Å². The zero-order valence-electron chi connectivity index (χ0n) is 11.6. The van der Waals surface area contributed by atoms with Crippen molar-refractivity contribution in [1.82, 2.24) is 4.98 Å². The number of amides is 1. The number of rotatable bonds is 2. The molecule has 3 rings (SSSR count). The molecule has 19 heavy (non-hydrogen) atoms. The highest BCUT2D eigenvalue weighted by Gasteiger charge is 2.52. The van der Waals surface area contributed by atoms with Crippen LogP contribution in [0.1, 0.15) is 18.4 Å². The van der Waals surface area contributed by atoms with E-state index in [-0.39, 0.29) is 10.7 Å². The highest BCUT2D eigenvalue weighted by atomic mass is 32.2. The van der Waals surface area contributed by atoms with Gasteiger partial charge in [-0.25, -0.2) is 4.98 Å². The van der Waals surface area contributed by atoms with Crippen molar-refractivity contribution in [2.45, 2.75) is 24.5 Å². The number of carbonyl (C=O) groups excluding carboxylic acids is 1. The van der Waals surface area contributed by atoms with Crippen LogP contribution in [0.4, 0.5) is 11.5 Å². The maximum absolute atomic E-state index is 12.8. The number of hydrogen-bond acceptors (Lipinski definition) is 4. The molecule has 5 heteroatoms. The molecule has 0 spiro atoms. The third-order valence-corrected chi connectivity index (χ3v) is 5.39. The average molecular weight is 277 g/mol. The molecule has 0 unspecified atom stereocenters. The Morgan fingerprint density at radius 2 is 2.16 bits per heavy atom. The van der Waals surface area contributed by atoms with Gasteiger partial charge in [-0.2, -0.15) is 0 Å². The number of thioether (sulfide) groups is 1. The molecule has 2 heterocycles. The predicted molar refractivity (Wildman–Crippen MR) is 80.1 cm³/mol. The van der Waals surface area contributed by atoms with Gasteiger partial charge in [-0.15, -0.1) is 11.8 Å². The van der Waals surface area contributed by atoms with E-state index < -0.39 is 0 Å². The van der Waals surface area contributed by atoms with Crippen LogP contribution in [0.15, 0.2) is 12.3 Å². The number of fused-ring (bicyclic) bond motifs is 1. The first-order chi connectivity index (χ1) is 9.07. The second kappa shape index (κ2) is 4.40. The van der Waals surface area contributed by atoms with E-state index in [0.717, 1.165) is 43.0 Å². The van der Waals surface area contributed by atoms with E-state index in [1.54, 1.807) is 11.8 Å². The third kappa shape index (κ3) is 2.00. The van der Waals surface area contributed by atoms with E-state index in [2.05, 4.69) is 16.0 Å². The molecule has 1 aromatic rings. The summed E-state index contributed by atoms with van der Waals surface area (Å²) in [5, 5.41) is 0. The fraction of sp³-hybridized carbons (Fsp3) is 0.571. The molecule has 1 saturated carbocycles. The lowest BCUT2D eigenvalue weighted by molar-refractivity contribution is -0.118. The smallest absolute Gasteiger partial charge is 0.243 e.